The second-order valence-electron chi connectivity index (χ2n) is 6.80. The average molecular weight is 479 g/mol. The number of hydrogen-bond donors (Lipinski definition) is 1. The number of aliphatic imine (C=N–C) groups is 1. The van der Waals surface area contributed by atoms with Crippen LogP contribution in [0.3, 0.4) is 0 Å². The molecule has 3 heterocycles. The van der Waals surface area contributed by atoms with Crippen molar-refractivity contribution in [1.29, 1.82) is 0 Å². The minimum Gasteiger partial charge on any atom is -0.459 e. The normalized spacial score (nSPS) is 17.3. The van der Waals surface area contributed by atoms with Crippen molar-refractivity contribution in [3.8, 4) is 0 Å². The smallest absolute Gasteiger partial charge is 0.194 e. The number of aryl methyl sites for hydroxylation is 1. The third-order valence-corrected chi connectivity index (χ3v) is 4.88. The number of likely N-dealkylation sites (tertiary alicyclic amines) is 1. The summed E-state index contributed by atoms with van der Waals surface area (Å²) in [6.45, 7) is 5.48. The summed E-state index contributed by atoms with van der Waals surface area (Å²) < 4.78 is 7.76. The van der Waals surface area contributed by atoms with E-state index in [2.05, 4.69) is 40.6 Å². The predicted octanol–water partition coefficient (Wildman–Crippen LogP) is 3.74. The number of nitrogens with zero attached hydrogens (tertiary/aromatic N) is 4. The number of hydrogen-bond acceptors (Lipinski definition) is 3. The standard InChI is InChI=1S/C20H25N5O.HI/c1-3-21-20(22-12-18-10-15-6-4-5-7-19(15)26-18)25-9-8-16(14-25)17-11-23-24(2)13-17;/h4-7,10-11,13,16H,3,8-9,12,14H2,1-2H3,(H,21,22);1H. The highest BCUT2D eigenvalue weighted by molar-refractivity contribution is 14.0. The number of benzene rings is 1. The number of fused-ring (bicyclic) bond motifs is 1. The summed E-state index contributed by atoms with van der Waals surface area (Å²) in [6.07, 6.45) is 5.22. The second-order valence-corrected chi connectivity index (χ2v) is 6.80. The molecule has 1 atom stereocenters. The minimum atomic E-state index is 0. The van der Waals surface area contributed by atoms with Gasteiger partial charge in [-0.25, -0.2) is 4.99 Å². The lowest BCUT2D eigenvalue weighted by Crippen LogP contribution is -2.39. The fourth-order valence-electron chi connectivity index (χ4n) is 3.57. The molecular weight excluding hydrogens is 453 g/mol. The minimum absolute atomic E-state index is 0. The van der Waals surface area contributed by atoms with E-state index in [0.29, 0.717) is 12.5 Å². The number of furan rings is 1. The molecule has 1 N–H and O–H groups in total. The summed E-state index contributed by atoms with van der Waals surface area (Å²) >= 11 is 0. The van der Waals surface area contributed by atoms with Gasteiger partial charge in [0.25, 0.3) is 0 Å². The zero-order valence-corrected chi connectivity index (χ0v) is 18.1. The van der Waals surface area contributed by atoms with Crippen LogP contribution in [0.4, 0.5) is 0 Å². The van der Waals surface area contributed by atoms with Crippen molar-refractivity contribution in [1.82, 2.24) is 20.0 Å². The van der Waals surface area contributed by atoms with E-state index in [1.54, 1.807) is 0 Å². The fourth-order valence-corrected chi connectivity index (χ4v) is 3.57. The number of rotatable bonds is 4. The Labute approximate surface area is 176 Å². The summed E-state index contributed by atoms with van der Waals surface area (Å²) in [4.78, 5) is 7.15. The molecule has 2 aromatic heterocycles. The molecule has 0 bridgehead atoms. The van der Waals surface area contributed by atoms with E-state index in [1.165, 1.54) is 5.56 Å². The van der Waals surface area contributed by atoms with Crippen LogP contribution in [0, 0.1) is 0 Å². The maximum atomic E-state index is 5.89. The highest BCUT2D eigenvalue weighted by atomic mass is 127. The van der Waals surface area contributed by atoms with E-state index in [1.807, 2.05) is 36.1 Å². The third-order valence-electron chi connectivity index (χ3n) is 4.88. The summed E-state index contributed by atoms with van der Waals surface area (Å²) in [5.41, 5.74) is 2.23. The Morgan fingerprint density at radius 3 is 2.96 bits per heavy atom. The molecular formula is C20H26IN5O. The van der Waals surface area contributed by atoms with Gasteiger partial charge in [0.2, 0.25) is 0 Å². The van der Waals surface area contributed by atoms with Gasteiger partial charge in [-0.2, -0.15) is 5.10 Å². The Bertz CT molecular complexity index is 883. The van der Waals surface area contributed by atoms with E-state index in [4.69, 9.17) is 9.41 Å². The molecule has 7 heteroatoms. The maximum Gasteiger partial charge on any atom is 0.194 e. The van der Waals surface area contributed by atoms with Crippen molar-refractivity contribution in [2.24, 2.45) is 12.0 Å². The summed E-state index contributed by atoms with van der Waals surface area (Å²) in [5.74, 6) is 2.36. The maximum absolute atomic E-state index is 5.89. The lowest BCUT2D eigenvalue weighted by molar-refractivity contribution is 0.481. The molecule has 4 rings (SSSR count). The van der Waals surface area contributed by atoms with Gasteiger partial charge in [-0.1, -0.05) is 18.2 Å². The van der Waals surface area contributed by atoms with Crippen molar-refractivity contribution in [3.05, 3.63) is 54.0 Å². The number of nitrogens with one attached hydrogen (secondary N) is 1. The molecule has 0 radical (unpaired) electrons. The molecule has 1 aliphatic rings. The van der Waals surface area contributed by atoms with Crippen molar-refractivity contribution in [2.75, 3.05) is 19.6 Å². The van der Waals surface area contributed by atoms with Crippen LogP contribution >= 0.6 is 24.0 Å². The van der Waals surface area contributed by atoms with Crippen molar-refractivity contribution >= 4 is 40.9 Å². The quantitative estimate of drug-likeness (QED) is 0.352. The monoisotopic (exact) mass is 479 g/mol. The van der Waals surface area contributed by atoms with Crippen LogP contribution in [-0.4, -0.2) is 40.3 Å². The van der Waals surface area contributed by atoms with Gasteiger partial charge in [-0.15, -0.1) is 24.0 Å². The van der Waals surface area contributed by atoms with Gasteiger partial charge >= 0.3 is 0 Å². The molecule has 0 saturated carbocycles. The SMILES string of the molecule is CCNC(=NCc1cc2ccccc2o1)N1CCC(c2cnn(C)c2)C1.I. The van der Waals surface area contributed by atoms with Crippen molar-refractivity contribution < 1.29 is 4.42 Å². The first-order chi connectivity index (χ1) is 12.7. The zero-order chi connectivity index (χ0) is 17.9. The molecule has 3 aromatic rings. The molecule has 1 aliphatic heterocycles. The molecule has 1 aromatic carbocycles. The first kappa shape index (κ1) is 19.7. The van der Waals surface area contributed by atoms with Gasteiger partial charge in [0.1, 0.15) is 17.9 Å². The number of para-hydroxylation sites is 1. The van der Waals surface area contributed by atoms with Crippen LogP contribution < -0.4 is 5.32 Å². The van der Waals surface area contributed by atoms with Crippen LogP contribution in [-0.2, 0) is 13.6 Å². The van der Waals surface area contributed by atoms with Crippen molar-refractivity contribution in [3.63, 3.8) is 0 Å². The van der Waals surface area contributed by atoms with Crippen LogP contribution in [0.1, 0.15) is 30.6 Å². The van der Waals surface area contributed by atoms with Gasteiger partial charge < -0.3 is 14.6 Å². The summed E-state index contributed by atoms with van der Waals surface area (Å²) in [6, 6.07) is 10.2. The highest BCUT2D eigenvalue weighted by Crippen LogP contribution is 2.27. The predicted molar refractivity (Wildman–Crippen MR) is 119 cm³/mol. The Hall–Kier alpha value is -2.03. The van der Waals surface area contributed by atoms with Gasteiger partial charge in [0, 0.05) is 44.2 Å². The number of guanidine groups is 1. The third kappa shape index (κ3) is 4.45. The van der Waals surface area contributed by atoms with E-state index in [0.717, 1.165) is 48.7 Å². The Morgan fingerprint density at radius 2 is 2.22 bits per heavy atom. The first-order valence-corrected chi connectivity index (χ1v) is 9.22. The van der Waals surface area contributed by atoms with Crippen LogP contribution in [0.25, 0.3) is 11.0 Å². The van der Waals surface area contributed by atoms with Crippen molar-refractivity contribution in [2.45, 2.75) is 25.8 Å². The van der Waals surface area contributed by atoms with E-state index >= 15 is 0 Å². The molecule has 0 amide bonds. The van der Waals surface area contributed by atoms with Gasteiger partial charge in [0.05, 0.1) is 6.20 Å². The zero-order valence-electron chi connectivity index (χ0n) is 15.8. The molecule has 27 heavy (non-hydrogen) atoms. The van der Waals surface area contributed by atoms with Gasteiger partial charge in [0.15, 0.2) is 5.96 Å². The van der Waals surface area contributed by atoms with Crippen LogP contribution in [0.2, 0.25) is 0 Å². The molecule has 6 nitrogen and oxygen atoms in total. The molecule has 0 aliphatic carbocycles. The lowest BCUT2D eigenvalue weighted by Gasteiger charge is -2.21. The molecule has 0 spiro atoms. The van der Waals surface area contributed by atoms with Crippen LogP contribution in [0.5, 0.6) is 0 Å². The molecule has 144 valence electrons. The van der Waals surface area contributed by atoms with E-state index in [-0.39, 0.29) is 24.0 Å². The number of halogens is 1. The Balaban J connectivity index is 0.00000210. The van der Waals surface area contributed by atoms with Gasteiger partial charge in [-0.3, -0.25) is 4.68 Å². The lowest BCUT2D eigenvalue weighted by atomic mass is 10.0. The molecule has 1 unspecified atom stereocenters. The summed E-state index contributed by atoms with van der Waals surface area (Å²) in [5, 5.41) is 8.85. The summed E-state index contributed by atoms with van der Waals surface area (Å²) in [7, 11) is 1.97. The molecule has 1 fully saturated rings. The average Bonchev–Trinajstić information content (AvgIpc) is 3.37. The van der Waals surface area contributed by atoms with Gasteiger partial charge in [-0.05, 0) is 31.0 Å². The molecule has 1 saturated heterocycles. The number of aromatic nitrogens is 2. The van der Waals surface area contributed by atoms with E-state index in [9.17, 15) is 0 Å². The fraction of sp³-hybridized carbons (Fsp3) is 0.400. The first-order valence-electron chi connectivity index (χ1n) is 9.22. The Morgan fingerprint density at radius 1 is 1.37 bits per heavy atom. The second kappa shape index (κ2) is 8.77. The van der Waals surface area contributed by atoms with Crippen LogP contribution in [0.15, 0.2) is 52.1 Å². The largest absolute Gasteiger partial charge is 0.459 e. The highest BCUT2D eigenvalue weighted by Gasteiger charge is 2.26. The van der Waals surface area contributed by atoms with E-state index < -0.39 is 0 Å². The topological polar surface area (TPSA) is 58.6 Å². The Kier molecular flexibility index (Phi) is 6.41.